The summed E-state index contributed by atoms with van der Waals surface area (Å²) in [6.45, 7) is 13.0. The van der Waals surface area contributed by atoms with E-state index in [2.05, 4.69) is 307 Å². The van der Waals surface area contributed by atoms with Crippen LogP contribution in [-0.2, 0) is 130 Å². The molecule has 9 aliphatic rings. The first-order valence-corrected chi connectivity index (χ1v) is 52.6. The fraction of sp³-hybridized carbons (Fsp3) is 0.356. The summed E-state index contributed by atoms with van der Waals surface area (Å²) >= 11 is 0. The Kier molecular flexibility index (Phi) is 34.7. The van der Waals surface area contributed by atoms with Crippen LogP contribution in [-0.4, -0.2) is 140 Å². The van der Waals surface area contributed by atoms with Gasteiger partial charge in [0.05, 0.1) is 44.0 Å². The zero-order chi connectivity index (χ0) is 101. The van der Waals surface area contributed by atoms with Crippen LogP contribution >= 0.6 is 0 Å². The van der Waals surface area contributed by atoms with Gasteiger partial charge in [-0.25, -0.2) is 39.6 Å². The summed E-state index contributed by atoms with van der Waals surface area (Å²) in [5.74, 6) is -9.68. The van der Waals surface area contributed by atoms with Crippen molar-refractivity contribution in [3.05, 3.63) is 309 Å². The van der Waals surface area contributed by atoms with Crippen molar-refractivity contribution in [1.82, 2.24) is 0 Å². The Morgan fingerprint density at radius 2 is 0.712 bits per heavy atom. The summed E-state index contributed by atoms with van der Waals surface area (Å²) in [5, 5.41) is -14.2. The van der Waals surface area contributed by atoms with Gasteiger partial charge in [0.25, 0.3) is 0 Å². The van der Waals surface area contributed by atoms with Gasteiger partial charge in [-0.05, 0) is 231 Å². The normalized spacial score (nSPS) is 24.5. The first-order chi connectivity index (χ1) is 65.6. The van der Waals surface area contributed by atoms with Crippen molar-refractivity contribution in [2.75, 3.05) is 19.8 Å². The molecule has 0 N–H and O–H groups in total. The fourth-order valence-electron chi connectivity index (χ4n) is 20.0. The zero-order valence-electron chi connectivity index (χ0n) is 76.5. The predicted molar refractivity (Wildman–Crippen MR) is 503 cm³/mol. The molecule has 738 valence electrons. The van der Waals surface area contributed by atoms with Crippen molar-refractivity contribution in [3.8, 4) is 0 Å². The summed E-state index contributed by atoms with van der Waals surface area (Å²) in [6, 6.07) is 96.5. The Labute approximate surface area is 813 Å². The quantitative estimate of drug-likeness (QED) is 0.0115. The molecule has 9 aromatic rings. The Morgan fingerprint density at radius 3 is 1.03 bits per heavy atom. The number of halogens is 6. The Hall–Kier alpha value is -11.2. The molecule has 0 amide bonds. The first kappa shape index (κ1) is 107. The molecule has 0 aromatic heterocycles. The van der Waals surface area contributed by atoms with Crippen LogP contribution in [0.1, 0.15) is 105 Å². The lowest BCUT2D eigenvalue weighted by Gasteiger charge is -2.59. The molecule has 18 rings (SSSR count). The highest BCUT2D eigenvalue weighted by molar-refractivity contribution is 7.97. The van der Waals surface area contributed by atoms with Gasteiger partial charge < -0.3 is 46.8 Å². The number of alkyl halides is 6. The number of benzene rings is 9. The third kappa shape index (κ3) is 26.4. The van der Waals surface area contributed by atoms with Crippen molar-refractivity contribution in [3.63, 3.8) is 0 Å². The SMILES string of the molecule is C=C(C)C(=O)OC1(C)CC2CC(C)C(C(=O)OCC(F)(F)S(=O)(=O)[O-])C(C2)C1.C=C(C)C(=O)OC12CC3CC(C1)CC(C(=O)OCC(F)(F)S(=O)(=O)[O-])(C3)C2.C=C(C)C(=O)OC1C2CC3C(OC(=O)C31)C2C(=O)OCC(F)(F)S(=O)(=O)[O-].c1ccc([S+](c2ccccc2)c2ccccc2)cc1.c1ccc([S+](c2ccccc2)c2ccccc2)cc1.c1ccc([S+](c2ccccc2)c2ccccc2)cc1. The molecule has 8 bridgehead atoms. The predicted octanol–water partition coefficient (Wildman–Crippen LogP) is 19.1. The van der Waals surface area contributed by atoms with Crippen LogP contribution < -0.4 is 0 Å². The van der Waals surface area contributed by atoms with Crippen molar-refractivity contribution in [1.29, 1.82) is 0 Å². The van der Waals surface area contributed by atoms with Crippen molar-refractivity contribution < 1.29 is 132 Å². The van der Waals surface area contributed by atoms with E-state index in [9.17, 15) is 98.8 Å². The van der Waals surface area contributed by atoms with Crippen molar-refractivity contribution in [2.24, 2.45) is 64.6 Å². The number of carbonyl (C=O) groups is 7. The molecule has 1 aliphatic heterocycles. The molecule has 23 nitrogen and oxygen atoms in total. The summed E-state index contributed by atoms with van der Waals surface area (Å²) in [7, 11) is -17.9. The van der Waals surface area contributed by atoms with Crippen LogP contribution in [0.25, 0.3) is 0 Å². The van der Waals surface area contributed by atoms with E-state index in [0.29, 0.717) is 51.4 Å². The summed E-state index contributed by atoms with van der Waals surface area (Å²) < 4.78 is 210. The van der Waals surface area contributed by atoms with E-state index >= 15 is 0 Å². The third-order valence-electron chi connectivity index (χ3n) is 25.4. The third-order valence-corrected chi connectivity index (χ3v) is 34.6. The van der Waals surface area contributed by atoms with Gasteiger partial charge in [-0.1, -0.05) is 190 Å². The van der Waals surface area contributed by atoms with E-state index in [4.69, 9.17) is 18.9 Å². The minimum Gasteiger partial charge on any atom is -0.743 e. The molecule has 0 spiro atoms. The van der Waals surface area contributed by atoms with E-state index in [1.54, 1.807) is 13.8 Å². The van der Waals surface area contributed by atoms with Crippen LogP contribution in [0, 0.1) is 64.6 Å². The van der Waals surface area contributed by atoms with Crippen LogP contribution in [0.3, 0.4) is 0 Å². The molecule has 8 saturated carbocycles. The fourth-order valence-corrected chi connectivity index (χ4v) is 26.9. The van der Waals surface area contributed by atoms with Gasteiger partial charge in [-0.3, -0.25) is 19.2 Å². The Morgan fingerprint density at radius 1 is 0.403 bits per heavy atom. The highest BCUT2D eigenvalue weighted by Gasteiger charge is 2.71. The molecule has 1 saturated heterocycles. The van der Waals surface area contributed by atoms with E-state index in [1.165, 1.54) is 64.8 Å². The molecule has 139 heavy (non-hydrogen) atoms. The maximum absolute atomic E-state index is 13.3. The van der Waals surface area contributed by atoms with Crippen molar-refractivity contribution in [2.45, 2.75) is 188 Å². The molecule has 13 atom stereocenters. The first-order valence-electron chi connectivity index (χ1n) is 44.7. The minimum absolute atomic E-state index is 0.0146. The largest absolute Gasteiger partial charge is 0.743 e. The molecule has 0 radical (unpaired) electrons. The minimum atomic E-state index is -6.01. The van der Waals surface area contributed by atoms with E-state index < -0.39 is 166 Å². The molecule has 13 unspecified atom stereocenters. The molecular formula is C104H106F6O23S6. The molecule has 1 heterocycles. The Bertz CT molecular complexity index is 5610. The second-order valence-corrected chi connectivity index (χ2v) is 46.8. The van der Waals surface area contributed by atoms with E-state index in [1.807, 2.05) is 0 Å². The highest BCUT2D eigenvalue weighted by atomic mass is 32.2. The average molecular weight is 2030 g/mol. The monoisotopic (exact) mass is 2030 g/mol. The lowest BCUT2D eigenvalue weighted by molar-refractivity contribution is -0.212. The zero-order valence-corrected chi connectivity index (χ0v) is 81.4. The lowest BCUT2D eigenvalue weighted by atomic mass is 9.48. The number of esters is 7. The van der Waals surface area contributed by atoms with Gasteiger partial charge in [0.2, 0.25) is 0 Å². The summed E-state index contributed by atoms with van der Waals surface area (Å²) in [5.41, 5.74) is -2.25. The van der Waals surface area contributed by atoms with Gasteiger partial charge >= 0.3 is 57.5 Å². The average Bonchev–Trinajstić information content (AvgIpc) is 1.48. The summed E-state index contributed by atoms with van der Waals surface area (Å²) in [4.78, 5) is 97.4. The number of rotatable bonds is 27. The molecule has 35 heteroatoms. The number of hydrogen-bond acceptors (Lipinski definition) is 23. The van der Waals surface area contributed by atoms with Crippen LogP contribution in [0.15, 0.2) is 354 Å². The van der Waals surface area contributed by atoms with E-state index in [0.717, 1.165) is 6.42 Å². The standard InChI is InChI=1S/C18H26F2O7S.3C18H15S.C17H22F2O7S.C15H16F2O9S/c1-10(2)15(21)27-17(4)7-12-5-11(3)14(13(6-12)8-17)16(22)26-9-18(19,20)28(23,24)25;3*1-4-10-16(11-5-1)19(17-12-6-2-7-13-17)18-14-8-3-9-15-18;1-10(2)13(20)26-16-6-11-3-12(7-16)5-15(4-11,8-16)14(21)25-9-17(18,19)27(22,23)24;1-5(2)12(18)25-11-6-3-7-9(11)14(20)26-10(7)8(6)13(19)24-4-15(16,17)27(21,22)23/h11-14H,1,5-9H2,2-4H3,(H,23,24,25);3*1-15H;11-12H,1,3-9H2,2H3,(H,22,23,24);6-11H,1,3-4H2,2H3,(H,21,22,23)/q;3*+1;;/p-3. The molecular weight excluding hydrogens is 1920 g/mol. The maximum Gasteiger partial charge on any atom is 0.367 e. The van der Waals surface area contributed by atoms with Gasteiger partial charge in [-0.15, -0.1) is 0 Å². The molecule has 9 aromatic carbocycles. The van der Waals surface area contributed by atoms with Crippen LogP contribution in [0.4, 0.5) is 26.3 Å². The van der Waals surface area contributed by atoms with Gasteiger partial charge in [0, 0.05) is 35.0 Å². The van der Waals surface area contributed by atoms with E-state index in [-0.39, 0.29) is 91.8 Å². The maximum atomic E-state index is 13.3. The number of hydrogen-bond donors (Lipinski definition) is 0. The number of ether oxygens (including phenoxy) is 7. The number of fused-ring (bicyclic) bond motifs is 3. The van der Waals surface area contributed by atoms with Gasteiger partial charge in [0.1, 0.15) is 35.2 Å². The molecule has 8 aliphatic carbocycles. The summed E-state index contributed by atoms with van der Waals surface area (Å²) in [6.07, 6.45) is 3.55. The smallest absolute Gasteiger partial charge is 0.367 e. The van der Waals surface area contributed by atoms with Gasteiger partial charge in [0.15, 0.2) is 94.2 Å². The highest BCUT2D eigenvalue weighted by Crippen LogP contribution is 2.64. The number of carbonyl (C=O) groups excluding carboxylic acids is 7. The second-order valence-electron chi connectivity index (χ2n) is 36.2. The van der Waals surface area contributed by atoms with Crippen LogP contribution in [0.5, 0.6) is 0 Å². The van der Waals surface area contributed by atoms with Gasteiger partial charge in [-0.2, -0.15) is 26.3 Å². The Balaban J connectivity index is 0.000000150. The van der Waals surface area contributed by atoms with Crippen molar-refractivity contribution >= 4 is 105 Å². The lowest BCUT2D eigenvalue weighted by Crippen LogP contribution is -2.60. The topological polar surface area (TPSA) is 356 Å². The second kappa shape index (κ2) is 45.2. The van der Waals surface area contributed by atoms with Crippen LogP contribution in [0.2, 0.25) is 0 Å². The molecule has 9 fully saturated rings.